The molecule has 0 heterocycles. The summed E-state index contributed by atoms with van der Waals surface area (Å²) in [7, 11) is -20.8. The number of hydrogen-bond donors (Lipinski definition) is 10. The van der Waals surface area contributed by atoms with Gasteiger partial charge in [0.1, 0.15) is 0 Å². The van der Waals surface area contributed by atoms with Crippen LogP contribution in [0.3, 0.4) is 0 Å². The van der Waals surface area contributed by atoms with Gasteiger partial charge in [0.05, 0.1) is 0 Å². The summed E-state index contributed by atoms with van der Waals surface area (Å²) in [5.74, 6) is 0. The quantitative estimate of drug-likeness (QED) is 0.146. The second kappa shape index (κ2) is 10.3. The Morgan fingerprint density at radius 2 is 0.583 bits per heavy atom. The molecule has 0 radical (unpaired) electrons. The van der Waals surface area contributed by atoms with Gasteiger partial charge in [-0.1, -0.05) is 0 Å². The van der Waals surface area contributed by atoms with Crippen LogP contribution in [0.5, 0.6) is 0 Å². The van der Waals surface area contributed by atoms with Gasteiger partial charge in [-0.25, -0.2) is 0 Å². The monoisotopic (exact) mass is 460 g/mol. The van der Waals surface area contributed by atoms with Crippen LogP contribution < -0.4 is 0 Å². The fourth-order valence-electron chi connectivity index (χ4n) is 0.339. The Bertz CT molecular complexity index is 476. The molecule has 0 rings (SSSR count). The Balaban J connectivity index is -0.000000154. The molecule has 0 aromatic carbocycles. The first-order valence-electron chi connectivity index (χ1n) is 4.67. The average Bonchev–Trinajstić information content (AvgIpc) is 2.10. The third kappa shape index (κ3) is 9.14. The van der Waals surface area contributed by atoms with Gasteiger partial charge in [0.2, 0.25) is 0 Å². The summed E-state index contributed by atoms with van der Waals surface area (Å²) in [6.07, 6.45) is 0. The van der Waals surface area contributed by atoms with E-state index in [1.807, 2.05) is 0 Å². The fraction of sp³-hybridized carbons (Fsp3) is 1.00. The van der Waals surface area contributed by atoms with E-state index in [9.17, 15) is 18.3 Å². The Hall–Kier alpha value is 2.52. The normalized spacial score (nSPS) is 13.8. The molecule has 0 aliphatic rings. The first-order chi connectivity index (χ1) is 9.00. The first kappa shape index (κ1) is 34.1. The van der Waals surface area contributed by atoms with Crippen molar-refractivity contribution >= 4 is 89.5 Å². The van der Waals surface area contributed by atoms with Crippen LogP contribution in [0.4, 0.5) is 0 Å². The molecule has 140 valence electrons. The van der Waals surface area contributed by atoms with Crippen molar-refractivity contribution in [2.24, 2.45) is 0 Å². The van der Waals surface area contributed by atoms with E-state index < -0.39 is 40.5 Å². The van der Waals surface area contributed by atoms with E-state index in [2.05, 4.69) is 0 Å². The molecule has 24 heavy (non-hydrogen) atoms. The molecule has 0 saturated heterocycles. The second-order valence-electron chi connectivity index (χ2n) is 4.12. The standard InChI is InChI=1S/2C2H8O7P2.2Na.2H/c2*1-2(3,10(4,5)6)11(7,8)9;;;;/h2*3H,1H3,(H2,4,5,6)(H2,7,8,9);;;;. The minimum absolute atomic E-state index is 0. The molecule has 0 atom stereocenters. The number of rotatable bonds is 4. The van der Waals surface area contributed by atoms with Crippen molar-refractivity contribution in [1.82, 2.24) is 0 Å². The predicted octanol–water partition coefficient (Wildman–Crippen LogP) is -3.28. The molecule has 0 bridgehead atoms. The van der Waals surface area contributed by atoms with Crippen LogP contribution in [0.2, 0.25) is 0 Å². The van der Waals surface area contributed by atoms with Gasteiger partial charge in [-0.15, -0.1) is 0 Å². The van der Waals surface area contributed by atoms with Crippen molar-refractivity contribution in [2.75, 3.05) is 0 Å². The molecule has 0 aliphatic carbocycles. The fourth-order valence-corrected chi connectivity index (χ4v) is 3.05. The molecule has 0 spiro atoms. The maximum absolute atomic E-state index is 10.3. The van der Waals surface area contributed by atoms with Crippen molar-refractivity contribution in [3.8, 4) is 0 Å². The van der Waals surface area contributed by atoms with Crippen molar-refractivity contribution < 1.29 is 67.6 Å². The van der Waals surface area contributed by atoms with Gasteiger partial charge in [-0.2, -0.15) is 0 Å². The third-order valence-electron chi connectivity index (χ3n) is 2.21. The van der Waals surface area contributed by atoms with Gasteiger partial charge in [-0.3, -0.25) is 18.3 Å². The zero-order chi connectivity index (χ0) is 19.0. The second-order valence-corrected chi connectivity index (χ2v) is 12.7. The Kier molecular flexibility index (Phi) is 14.7. The van der Waals surface area contributed by atoms with Crippen LogP contribution in [0, 0.1) is 0 Å². The maximum atomic E-state index is 10.3. The Morgan fingerprint density at radius 1 is 0.500 bits per heavy atom. The molecule has 0 saturated carbocycles. The van der Waals surface area contributed by atoms with Gasteiger partial charge in [-0.05, 0) is 13.8 Å². The molecule has 0 aliphatic heterocycles. The Labute approximate surface area is 179 Å². The summed E-state index contributed by atoms with van der Waals surface area (Å²) in [6.45, 7) is 0.767. The minimum atomic E-state index is -5.20. The molecule has 14 nitrogen and oxygen atoms in total. The first-order valence-corrected chi connectivity index (χ1v) is 11.1. The summed E-state index contributed by atoms with van der Waals surface area (Å²) in [6, 6.07) is 0. The molecular formula is C4H18Na2O14P4. The zero-order valence-electron chi connectivity index (χ0n) is 10.9. The van der Waals surface area contributed by atoms with Gasteiger partial charge in [0.15, 0.2) is 0 Å². The number of hydrogen-bond acceptors (Lipinski definition) is 6. The molecule has 0 aromatic rings. The van der Waals surface area contributed by atoms with Crippen molar-refractivity contribution in [2.45, 2.75) is 24.0 Å². The Morgan fingerprint density at radius 3 is 0.583 bits per heavy atom. The molecule has 20 heteroatoms. The van der Waals surface area contributed by atoms with Crippen LogP contribution in [-0.2, 0) is 18.3 Å². The van der Waals surface area contributed by atoms with Gasteiger partial charge < -0.3 is 49.4 Å². The SMILES string of the molecule is CC(O)(P(=O)(O)O)P(=O)(O)O.CC(O)(P(=O)(O)O)P(=O)(O)O.[NaH].[NaH]. The van der Waals surface area contributed by atoms with Gasteiger partial charge in [0.25, 0.3) is 10.2 Å². The topological polar surface area (TPSA) is 271 Å². The van der Waals surface area contributed by atoms with Crippen LogP contribution in [0.15, 0.2) is 0 Å². The van der Waals surface area contributed by atoms with Crippen molar-refractivity contribution in [1.29, 1.82) is 0 Å². The van der Waals surface area contributed by atoms with Crippen LogP contribution in [0.1, 0.15) is 13.8 Å². The molecule has 0 amide bonds. The number of aliphatic hydroxyl groups is 2. The van der Waals surface area contributed by atoms with Crippen molar-refractivity contribution in [3.63, 3.8) is 0 Å². The summed E-state index contributed by atoms with van der Waals surface area (Å²) in [5.41, 5.74) is 0. The molecular weight excluding hydrogens is 442 g/mol. The zero-order valence-corrected chi connectivity index (χ0v) is 14.5. The van der Waals surface area contributed by atoms with Crippen LogP contribution in [-0.4, -0.2) is 119 Å². The van der Waals surface area contributed by atoms with Crippen LogP contribution >= 0.6 is 30.4 Å². The average molecular weight is 460 g/mol. The van der Waals surface area contributed by atoms with Crippen molar-refractivity contribution in [3.05, 3.63) is 0 Å². The summed E-state index contributed by atoms with van der Waals surface area (Å²) in [4.78, 5) is 66.0. The van der Waals surface area contributed by atoms with E-state index >= 15 is 0 Å². The third-order valence-corrected chi connectivity index (χ3v) is 9.75. The summed E-state index contributed by atoms with van der Waals surface area (Å²) in [5, 5.41) is 10.7. The van der Waals surface area contributed by atoms with Gasteiger partial charge in [0, 0.05) is 0 Å². The van der Waals surface area contributed by atoms with E-state index in [4.69, 9.17) is 49.4 Å². The summed E-state index contributed by atoms with van der Waals surface area (Å²) >= 11 is 0. The van der Waals surface area contributed by atoms with E-state index in [0.717, 1.165) is 0 Å². The molecule has 0 fully saturated rings. The van der Waals surface area contributed by atoms with E-state index in [0.29, 0.717) is 13.8 Å². The van der Waals surface area contributed by atoms with E-state index in [1.165, 1.54) is 0 Å². The molecule has 0 unspecified atom stereocenters. The predicted molar refractivity (Wildman–Crippen MR) is 83.7 cm³/mol. The molecule has 10 N–H and O–H groups in total. The summed E-state index contributed by atoms with van der Waals surface area (Å²) < 4.78 is 41.0. The van der Waals surface area contributed by atoms with E-state index in [-0.39, 0.29) is 59.1 Å². The molecule has 0 aromatic heterocycles. The van der Waals surface area contributed by atoms with Crippen LogP contribution in [0.25, 0.3) is 0 Å². The van der Waals surface area contributed by atoms with E-state index in [1.54, 1.807) is 0 Å². The van der Waals surface area contributed by atoms with Gasteiger partial charge >= 0.3 is 89.5 Å².